The van der Waals surface area contributed by atoms with Crippen molar-refractivity contribution >= 4 is 17.7 Å². The molecule has 0 N–H and O–H groups in total. The van der Waals surface area contributed by atoms with Crippen molar-refractivity contribution in [3.05, 3.63) is 59.8 Å². The van der Waals surface area contributed by atoms with Crippen molar-refractivity contribution in [1.82, 2.24) is 9.88 Å². The van der Waals surface area contributed by atoms with Gasteiger partial charge in [0.2, 0.25) is 0 Å². The SMILES string of the molecule is CC(C)Sc1ccc([C@H]2CCCN2C(=O)c2ccccc2)cn1. The molecule has 0 unspecified atom stereocenters. The van der Waals surface area contributed by atoms with Gasteiger partial charge in [0.15, 0.2) is 0 Å². The number of carbonyl (C=O) groups is 1. The zero-order valence-corrected chi connectivity index (χ0v) is 14.4. The molecule has 0 bridgehead atoms. The molecule has 0 radical (unpaired) electrons. The highest BCUT2D eigenvalue weighted by molar-refractivity contribution is 7.99. The Labute approximate surface area is 142 Å². The maximum atomic E-state index is 12.7. The van der Waals surface area contributed by atoms with Crippen LogP contribution in [-0.4, -0.2) is 27.6 Å². The van der Waals surface area contributed by atoms with Crippen molar-refractivity contribution in [3.63, 3.8) is 0 Å². The Balaban J connectivity index is 1.77. The minimum atomic E-state index is 0.119. The molecular weight excluding hydrogens is 304 g/mol. The Hall–Kier alpha value is -1.81. The number of amides is 1. The monoisotopic (exact) mass is 326 g/mol. The highest BCUT2D eigenvalue weighted by Crippen LogP contribution is 2.33. The van der Waals surface area contributed by atoms with Crippen LogP contribution in [0.3, 0.4) is 0 Å². The van der Waals surface area contributed by atoms with Gasteiger partial charge >= 0.3 is 0 Å². The summed E-state index contributed by atoms with van der Waals surface area (Å²) in [6.45, 7) is 5.15. The molecule has 0 spiro atoms. The number of carbonyl (C=O) groups excluding carboxylic acids is 1. The van der Waals surface area contributed by atoms with Crippen molar-refractivity contribution in [2.75, 3.05) is 6.54 Å². The van der Waals surface area contributed by atoms with E-state index in [1.54, 1.807) is 11.8 Å². The van der Waals surface area contributed by atoms with Gasteiger partial charge in [-0.25, -0.2) is 4.98 Å². The lowest BCUT2D eigenvalue weighted by Crippen LogP contribution is -2.30. The molecule has 0 aliphatic carbocycles. The first kappa shape index (κ1) is 16.1. The van der Waals surface area contributed by atoms with Gasteiger partial charge in [-0.2, -0.15) is 0 Å². The predicted octanol–water partition coefficient (Wildman–Crippen LogP) is 4.56. The van der Waals surface area contributed by atoms with E-state index in [-0.39, 0.29) is 11.9 Å². The molecular formula is C19H22N2OS. The second-order valence-electron chi connectivity index (χ2n) is 6.12. The average Bonchev–Trinajstić information content (AvgIpc) is 3.05. The van der Waals surface area contributed by atoms with E-state index in [1.165, 1.54) is 0 Å². The molecule has 1 aromatic carbocycles. The largest absolute Gasteiger partial charge is 0.332 e. The number of hydrogen-bond acceptors (Lipinski definition) is 3. The minimum Gasteiger partial charge on any atom is -0.332 e. The molecule has 1 aliphatic heterocycles. The van der Waals surface area contributed by atoms with Crippen LogP contribution in [0.2, 0.25) is 0 Å². The summed E-state index contributed by atoms with van der Waals surface area (Å²) in [5.74, 6) is 0.119. The van der Waals surface area contributed by atoms with E-state index in [0.717, 1.165) is 35.5 Å². The molecule has 0 saturated carbocycles. The highest BCUT2D eigenvalue weighted by atomic mass is 32.2. The van der Waals surface area contributed by atoms with Crippen LogP contribution in [-0.2, 0) is 0 Å². The van der Waals surface area contributed by atoms with Gasteiger partial charge in [-0.05, 0) is 36.6 Å². The quantitative estimate of drug-likeness (QED) is 0.772. The number of rotatable bonds is 4. The van der Waals surface area contributed by atoms with E-state index in [0.29, 0.717) is 5.25 Å². The molecule has 1 atom stereocenters. The van der Waals surface area contributed by atoms with Gasteiger partial charge in [-0.15, -0.1) is 11.8 Å². The Bertz CT molecular complexity index is 655. The van der Waals surface area contributed by atoms with Crippen molar-refractivity contribution in [2.24, 2.45) is 0 Å². The summed E-state index contributed by atoms with van der Waals surface area (Å²) in [5, 5.41) is 1.57. The first-order valence-corrected chi connectivity index (χ1v) is 9.02. The van der Waals surface area contributed by atoms with Gasteiger partial charge < -0.3 is 4.90 Å². The van der Waals surface area contributed by atoms with E-state index in [9.17, 15) is 4.79 Å². The molecule has 120 valence electrons. The molecule has 23 heavy (non-hydrogen) atoms. The third-order valence-corrected chi connectivity index (χ3v) is 4.99. The average molecular weight is 326 g/mol. The lowest BCUT2D eigenvalue weighted by atomic mass is 10.1. The topological polar surface area (TPSA) is 33.2 Å². The molecule has 1 saturated heterocycles. The van der Waals surface area contributed by atoms with Crippen molar-refractivity contribution in [3.8, 4) is 0 Å². The van der Waals surface area contributed by atoms with E-state index >= 15 is 0 Å². The fourth-order valence-electron chi connectivity index (χ4n) is 3.00. The fraction of sp³-hybridized carbons (Fsp3) is 0.368. The Morgan fingerprint density at radius 2 is 2.00 bits per heavy atom. The van der Waals surface area contributed by atoms with Crippen molar-refractivity contribution in [1.29, 1.82) is 0 Å². The molecule has 1 aromatic heterocycles. The van der Waals surface area contributed by atoms with Gasteiger partial charge in [0.05, 0.1) is 11.1 Å². The van der Waals surface area contributed by atoms with E-state index in [1.807, 2.05) is 41.4 Å². The molecule has 1 aliphatic rings. The van der Waals surface area contributed by atoms with Gasteiger partial charge in [-0.3, -0.25) is 4.79 Å². The maximum absolute atomic E-state index is 12.7. The lowest BCUT2D eigenvalue weighted by molar-refractivity contribution is 0.0735. The molecule has 1 fully saturated rings. The summed E-state index contributed by atoms with van der Waals surface area (Å²) in [7, 11) is 0. The van der Waals surface area contributed by atoms with Crippen LogP contribution in [0, 0.1) is 0 Å². The van der Waals surface area contributed by atoms with Crippen LogP contribution in [0.15, 0.2) is 53.7 Å². The number of hydrogen-bond donors (Lipinski definition) is 0. The summed E-state index contributed by atoms with van der Waals surface area (Å²) in [6.07, 6.45) is 3.99. The van der Waals surface area contributed by atoms with Crippen LogP contribution >= 0.6 is 11.8 Å². The van der Waals surface area contributed by atoms with Gasteiger partial charge in [0.25, 0.3) is 5.91 Å². The normalized spacial score (nSPS) is 17.7. The van der Waals surface area contributed by atoms with Crippen molar-refractivity contribution < 1.29 is 4.79 Å². The summed E-state index contributed by atoms with van der Waals surface area (Å²) in [6, 6.07) is 13.9. The van der Waals surface area contributed by atoms with Crippen LogP contribution in [0.4, 0.5) is 0 Å². The second-order valence-corrected chi connectivity index (χ2v) is 7.72. The van der Waals surface area contributed by atoms with Crippen LogP contribution in [0.1, 0.15) is 48.7 Å². The van der Waals surface area contributed by atoms with Crippen LogP contribution < -0.4 is 0 Å². The Morgan fingerprint density at radius 3 is 2.65 bits per heavy atom. The maximum Gasteiger partial charge on any atom is 0.254 e. The van der Waals surface area contributed by atoms with E-state index < -0.39 is 0 Å². The van der Waals surface area contributed by atoms with Crippen LogP contribution in [0.5, 0.6) is 0 Å². The number of nitrogens with zero attached hydrogens (tertiary/aromatic N) is 2. The smallest absolute Gasteiger partial charge is 0.254 e. The predicted molar refractivity (Wildman–Crippen MR) is 94.7 cm³/mol. The fourth-order valence-corrected chi connectivity index (χ4v) is 3.75. The molecule has 3 rings (SSSR count). The summed E-state index contributed by atoms with van der Waals surface area (Å²) in [4.78, 5) is 19.3. The first-order chi connectivity index (χ1) is 11.1. The molecule has 1 amide bonds. The van der Waals surface area contributed by atoms with Crippen molar-refractivity contribution in [2.45, 2.75) is 43.0 Å². The van der Waals surface area contributed by atoms with Gasteiger partial charge in [0, 0.05) is 23.6 Å². The molecule has 4 heteroatoms. The first-order valence-electron chi connectivity index (χ1n) is 8.14. The zero-order valence-electron chi connectivity index (χ0n) is 13.6. The number of likely N-dealkylation sites (tertiary alicyclic amines) is 1. The number of benzene rings is 1. The third-order valence-electron chi connectivity index (χ3n) is 4.03. The number of pyridine rings is 1. The van der Waals surface area contributed by atoms with Gasteiger partial charge in [-0.1, -0.05) is 38.1 Å². The van der Waals surface area contributed by atoms with Gasteiger partial charge in [0.1, 0.15) is 0 Å². The summed E-state index contributed by atoms with van der Waals surface area (Å²) in [5.41, 5.74) is 1.90. The minimum absolute atomic E-state index is 0.119. The Kier molecular flexibility index (Phi) is 5.01. The highest BCUT2D eigenvalue weighted by Gasteiger charge is 2.30. The lowest BCUT2D eigenvalue weighted by Gasteiger charge is -2.25. The molecule has 2 heterocycles. The molecule has 3 nitrogen and oxygen atoms in total. The number of thioether (sulfide) groups is 1. The zero-order chi connectivity index (χ0) is 16.2. The Morgan fingerprint density at radius 1 is 1.22 bits per heavy atom. The van der Waals surface area contributed by atoms with Crippen LogP contribution in [0.25, 0.3) is 0 Å². The number of aromatic nitrogens is 1. The van der Waals surface area contributed by atoms with E-state index in [4.69, 9.17) is 0 Å². The third kappa shape index (κ3) is 3.75. The second kappa shape index (κ2) is 7.18. The standard InChI is InChI=1S/C19H22N2OS/c1-14(2)23-18-11-10-16(13-20-18)17-9-6-12-21(17)19(22)15-7-4-3-5-8-15/h3-5,7-8,10-11,13-14,17H,6,9,12H2,1-2H3/t17-/m1/s1. The summed E-state index contributed by atoms with van der Waals surface area (Å²) < 4.78 is 0. The van der Waals surface area contributed by atoms with E-state index in [2.05, 4.69) is 31.0 Å². The summed E-state index contributed by atoms with van der Waals surface area (Å²) >= 11 is 1.76. The molecule has 2 aromatic rings.